The highest BCUT2D eigenvalue weighted by Gasteiger charge is 2.25. The molecule has 2 N–H and O–H groups in total. The molecular weight excluding hydrogens is 228 g/mol. The second-order valence-corrected chi connectivity index (χ2v) is 6.02. The third-order valence-electron chi connectivity index (χ3n) is 3.26. The molecular formula is C13H22N4O. The second-order valence-electron chi connectivity index (χ2n) is 6.02. The van der Waals surface area contributed by atoms with Gasteiger partial charge in [-0.1, -0.05) is 20.8 Å². The van der Waals surface area contributed by atoms with Gasteiger partial charge in [0.25, 0.3) is 5.91 Å². The number of H-pyrrole nitrogens is 1. The molecule has 2 heterocycles. The number of aromatic nitrogens is 2. The van der Waals surface area contributed by atoms with Gasteiger partial charge in [0.2, 0.25) is 0 Å². The van der Waals surface area contributed by atoms with Crippen LogP contribution in [0.5, 0.6) is 0 Å². The van der Waals surface area contributed by atoms with Crippen LogP contribution in [0.1, 0.15) is 43.9 Å². The maximum atomic E-state index is 12.3. The van der Waals surface area contributed by atoms with E-state index in [1.54, 1.807) is 0 Å². The zero-order valence-corrected chi connectivity index (χ0v) is 11.6. The Labute approximate surface area is 108 Å². The highest BCUT2D eigenvalue weighted by molar-refractivity contribution is 5.92. The summed E-state index contributed by atoms with van der Waals surface area (Å²) in [5, 5.41) is 10.4. The molecule has 1 aliphatic heterocycles. The number of piperazine rings is 1. The van der Waals surface area contributed by atoms with Crippen LogP contribution >= 0.6 is 0 Å². The van der Waals surface area contributed by atoms with Crippen LogP contribution in [0.3, 0.4) is 0 Å². The van der Waals surface area contributed by atoms with Crippen molar-refractivity contribution in [1.82, 2.24) is 20.4 Å². The molecule has 1 saturated heterocycles. The van der Waals surface area contributed by atoms with Crippen LogP contribution in [0.25, 0.3) is 0 Å². The highest BCUT2D eigenvalue weighted by atomic mass is 16.2. The van der Waals surface area contributed by atoms with E-state index in [1.807, 2.05) is 11.0 Å². The van der Waals surface area contributed by atoms with E-state index in [1.165, 1.54) is 0 Å². The summed E-state index contributed by atoms with van der Waals surface area (Å²) in [7, 11) is 0. The van der Waals surface area contributed by atoms with Gasteiger partial charge in [-0.25, -0.2) is 0 Å². The Morgan fingerprint density at radius 2 is 2.22 bits per heavy atom. The normalized spacial score (nSPS) is 21.1. The van der Waals surface area contributed by atoms with Gasteiger partial charge in [-0.05, 0) is 13.0 Å². The third-order valence-corrected chi connectivity index (χ3v) is 3.26. The molecule has 1 aromatic heterocycles. The standard InChI is InChI=1S/C13H22N4O/c1-9-8-17(6-5-14-9)12(18)10-7-11(16-15-10)13(2,3)4/h7,9,14H,5-6,8H2,1-4H3,(H,15,16). The van der Waals surface area contributed by atoms with E-state index in [-0.39, 0.29) is 11.3 Å². The fraction of sp³-hybridized carbons (Fsp3) is 0.692. The minimum absolute atomic E-state index is 0.0116. The fourth-order valence-electron chi connectivity index (χ4n) is 2.09. The lowest BCUT2D eigenvalue weighted by Gasteiger charge is -2.31. The van der Waals surface area contributed by atoms with E-state index in [4.69, 9.17) is 0 Å². The molecule has 1 amide bonds. The van der Waals surface area contributed by atoms with Gasteiger partial charge < -0.3 is 10.2 Å². The summed E-state index contributed by atoms with van der Waals surface area (Å²) < 4.78 is 0. The van der Waals surface area contributed by atoms with Crippen LogP contribution < -0.4 is 5.32 Å². The van der Waals surface area contributed by atoms with Crippen LogP contribution in [-0.2, 0) is 5.41 Å². The lowest BCUT2D eigenvalue weighted by molar-refractivity contribution is 0.0703. The number of hydrogen-bond donors (Lipinski definition) is 2. The molecule has 100 valence electrons. The first kappa shape index (κ1) is 13.1. The third kappa shape index (κ3) is 2.72. The van der Waals surface area contributed by atoms with Crippen LogP contribution in [0.4, 0.5) is 0 Å². The van der Waals surface area contributed by atoms with Crippen molar-refractivity contribution in [3.63, 3.8) is 0 Å². The molecule has 5 nitrogen and oxygen atoms in total. The van der Waals surface area contributed by atoms with E-state index >= 15 is 0 Å². The minimum Gasteiger partial charge on any atom is -0.334 e. The summed E-state index contributed by atoms with van der Waals surface area (Å²) in [5.74, 6) is 0.0232. The Kier molecular flexibility index (Phi) is 3.43. The summed E-state index contributed by atoms with van der Waals surface area (Å²) in [6.07, 6.45) is 0. The first-order valence-corrected chi connectivity index (χ1v) is 6.46. The van der Waals surface area contributed by atoms with E-state index in [2.05, 4.69) is 43.2 Å². The number of nitrogens with one attached hydrogen (secondary N) is 2. The van der Waals surface area contributed by atoms with Gasteiger partial charge in [0, 0.05) is 36.8 Å². The maximum absolute atomic E-state index is 12.3. The molecule has 0 bridgehead atoms. The van der Waals surface area contributed by atoms with Gasteiger partial charge in [-0.3, -0.25) is 9.89 Å². The summed E-state index contributed by atoms with van der Waals surface area (Å²) >= 11 is 0. The van der Waals surface area contributed by atoms with Crippen LogP contribution in [-0.4, -0.2) is 46.7 Å². The topological polar surface area (TPSA) is 61.0 Å². The predicted molar refractivity (Wildman–Crippen MR) is 70.7 cm³/mol. The Morgan fingerprint density at radius 1 is 1.50 bits per heavy atom. The number of aromatic amines is 1. The molecule has 5 heteroatoms. The molecule has 0 saturated carbocycles. The predicted octanol–water partition coefficient (Wildman–Crippen LogP) is 1.14. The SMILES string of the molecule is CC1CN(C(=O)c2cc(C(C)(C)C)[nH]n2)CCN1. The van der Waals surface area contributed by atoms with Crippen LogP contribution in [0.15, 0.2) is 6.07 Å². The molecule has 1 atom stereocenters. The molecule has 0 spiro atoms. The number of carbonyl (C=O) groups is 1. The summed E-state index contributed by atoms with van der Waals surface area (Å²) in [5.41, 5.74) is 1.51. The zero-order chi connectivity index (χ0) is 13.3. The molecule has 1 unspecified atom stereocenters. The van der Waals surface area contributed by atoms with Crippen molar-refractivity contribution >= 4 is 5.91 Å². The van der Waals surface area contributed by atoms with Gasteiger partial charge >= 0.3 is 0 Å². The van der Waals surface area contributed by atoms with Gasteiger partial charge in [-0.15, -0.1) is 0 Å². The van der Waals surface area contributed by atoms with E-state index < -0.39 is 0 Å². The number of hydrogen-bond acceptors (Lipinski definition) is 3. The highest BCUT2D eigenvalue weighted by Crippen LogP contribution is 2.20. The first-order valence-electron chi connectivity index (χ1n) is 6.46. The molecule has 18 heavy (non-hydrogen) atoms. The quantitative estimate of drug-likeness (QED) is 0.786. The maximum Gasteiger partial charge on any atom is 0.274 e. The zero-order valence-electron chi connectivity index (χ0n) is 11.6. The summed E-state index contributed by atoms with van der Waals surface area (Å²) in [6, 6.07) is 2.22. The number of rotatable bonds is 1. The fourth-order valence-corrected chi connectivity index (χ4v) is 2.09. The van der Waals surface area contributed by atoms with Crippen molar-refractivity contribution in [2.24, 2.45) is 0 Å². The first-order chi connectivity index (χ1) is 8.38. The number of carbonyl (C=O) groups excluding carboxylic acids is 1. The average Bonchev–Trinajstić information content (AvgIpc) is 2.77. The van der Waals surface area contributed by atoms with Gasteiger partial charge in [0.05, 0.1) is 0 Å². The van der Waals surface area contributed by atoms with Crippen molar-refractivity contribution in [3.05, 3.63) is 17.5 Å². The van der Waals surface area contributed by atoms with Crippen molar-refractivity contribution < 1.29 is 4.79 Å². The Morgan fingerprint density at radius 3 is 2.78 bits per heavy atom. The van der Waals surface area contributed by atoms with Gasteiger partial charge in [0.15, 0.2) is 0 Å². The van der Waals surface area contributed by atoms with Crippen LogP contribution in [0.2, 0.25) is 0 Å². The molecule has 2 rings (SSSR count). The molecule has 1 aromatic rings. The van der Waals surface area contributed by atoms with E-state index in [0.29, 0.717) is 11.7 Å². The Bertz CT molecular complexity index is 432. The smallest absolute Gasteiger partial charge is 0.274 e. The Hall–Kier alpha value is -1.36. The summed E-state index contributed by atoms with van der Waals surface area (Å²) in [6.45, 7) is 10.7. The number of nitrogens with zero attached hydrogens (tertiary/aromatic N) is 2. The van der Waals surface area contributed by atoms with Crippen molar-refractivity contribution in [1.29, 1.82) is 0 Å². The van der Waals surface area contributed by atoms with Gasteiger partial charge in [-0.2, -0.15) is 5.10 Å². The molecule has 0 aromatic carbocycles. The van der Waals surface area contributed by atoms with Crippen LogP contribution in [0, 0.1) is 0 Å². The van der Waals surface area contributed by atoms with E-state index in [0.717, 1.165) is 25.3 Å². The monoisotopic (exact) mass is 250 g/mol. The second kappa shape index (κ2) is 4.72. The van der Waals surface area contributed by atoms with Crippen molar-refractivity contribution in [2.75, 3.05) is 19.6 Å². The lowest BCUT2D eigenvalue weighted by atomic mass is 9.92. The molecule has 1 aliphatic rings. The summed E-state index contributed by atoms with van der Waals surface area (Å²) in [4.78, 5) is 14.2. The lowest BCUT2D eigenvalue weighted by Crippen LogP contribution is -2.51. The van der Waals surface area contributed by atoms with Crippen molar-refractivity contribution in [2.45, 2.75) is 39.2 Å². The largest absolute Gasteiger partial charge is 0.334 e. The molecule has 0 radical (unpaired) electrons. The minimum atomic E-state index is -0.0116. The number of amides is 1. The van der Waals surface area contributed by atoms with Crippen molar-refractivity contribution in [3.8, 4) is 0 Å². The molecule has 0 aliphatic carbocycles. The Balaban J connectivity index is 2.11. The van der Waals surface area contributed by atoms with E-state index in [9.17, 15) is 4.79 Å². The average molecular weight is 250 g/mol. The van der Waals surface area contributed by atoms with Gasteiger partial charge in [0.1, 0.15) is 5.69 Å². The molecule has 1 fully saturated rings.